The number of hydrogen-bond acceptors (Lipinski definition) is 3. The molecule has 1 atom stereocenters. The number of nitrogens with one attached hydrogen (secondary N) is 1. The van der Waals surface area contributed by atoms with E-state index in [1.165, 1.54) is 0 Å². The van der Waals surface area contributed by atoms with Gasteiger partial charge in [0.2, 0.25) is 0 Å². The molecule has 0 saturated carbocycles. The van der Waals surface area contributed by atoms with Crippen molar-refractivity contribution in [1.82, 2.24) is 14.9 Å². The number of fused-ring (bicyclic) bond motifs is 1. The van der Waals surface area contributed by atoms with Crippen molar-refractivity contribution >= 4 is 28.5 Å². The topological polar surface area (TPSA) is 56.2 Å². The first-order valence-electron chi connectivity index (χ1n) is 10.8. The zero-order valence-electron chi connectivity index (χ0n) is 18.0. The van der Waals surface area contributed by atoms with Crippen LogP contribution in [0.3, 0.4) is 0 Å². The summed E-state index contributed by atoms with van der Waals surface area (Å²) in [6.07, 6.45) is 1.83. The van der Waals surface area contributed by atoms with Gasteiger partial charge < -0.3 is 14.6 Å². The van der Waals surface area contributed by atoms with Crippen molar-refractivity contribution in [1.29, 1.82) is 0 Å². The lowest BCUT2D eigenvalue weighted by Crippen LogP contribution is -2.28. The highest BCUT2D eigenvalue weighted by Gasteiger charge is 2.18. The lowest BCUT2D eigenvalue weighted by molar-refractivity contribution is 0.0937. The van der Waals surface area contributed by atoms with Crippen LogP contribution in [-0.2, 0) is 6.54 Å². The molecule has 0 radical (unpaired) electrons. The van der Waals surface area contributed by atoms with Gasteiger partial charge in [-0.25, -0.2) is 4.98 Å². The highest BCUT2D eigenvalue weighted by Crippen LogP contribution is 2.22. The highest BCUT2D eigenvalue weighted by molar-refractivity contribution is 6.30. The second-order valence-corrected chi connectivity index (χ2v) is 8.12. The average molecular weight is 448 g/mol. The zero-order chi connectivity index (χ0) is 22.3. The number of carbonyl (C=O) groups excluding carboxylic acids is 1. The Morgan fingerprint density at radius 3 is 2.50 bits per heavy atom. The molecule has 1 N–H and O–H groups in total. The molecule has 1 unspecified atom stereocenters. The standard InChI is InChI=1S/C26H26ClN3O2/c1-19(28-26(31)20-9-3-2-4-10-20)25-29-23-11-5-6-12-24(23)30(25)17-7-8-18-32-22-15-13-21(27)14-16-22/h2-6,9-16,19H,7-8,17-18H2,1H3,(H,28,31). The number of nitrogens with zero attached hydrogens (tertiary/aromatic N) is 2. The molecule has 0 fully saturated rings. The van der Waals surface area contributed by atoms with E-state index < -0.39 is 0 Å². The van der Waals surface area contributed by atoms with E-state index in [0.717, 1.165) is 42.0 Å². The summed E-state index contributed by atoms with van der Waals surface area (Å²) in [6, 6.07) is 24.5. The van der Waals surface area contributed by atoms with Crippen LogP contribution in [0.2, 0.25) is 5.02 Å². The Hall–Kier alpha value is -3.31. The number of carbonyl (C=O) groups is 1. The maximum Gasteiger partial charge on any atom is 0.251 e. The lowest BCUT2D eigenvalue weighted by Gasteiger charge is -2.16. The number of amides is 1. The molecule has 0 saturated heterocycles. The quantitative estimate of drug-likeness (QED) is 0.318. The molecule has 0 aliphatic heterocycles. The molecule has 32 heavy (non-hydrogen) atoms. The van der Waals surface area contributed by atoms with Crippen LogP contribution >= 0.6 is 11.6 Å². The second-order valence-electron chi connectivity index (χ2n) is 7.68. The molecular formula is C26H26ClN3O2. The van der Waals surface area contributed by atoms with Crippen LogP contribution in [0.1, 0.15) is 42.0 Å². The second kappa shape index (κ2) is 10.3. The molecule has 1 amide bonds. The fourth-order valence-electron chi connectivity index (χ4n) is 3.69. The Kier molecular flexibility index (Phi) is 7.07. The molecule has 0 aliphatic rings. The van der Waals surface area contributed by atoms with Gasteiger partial charge in [-0.05, 0) is 68.3 Å². The van der Waals surface area contributed by atoms with E-state index in [1.807, 2.05) is 79.7 Å². The van der Waals surface area contributed by atoms with Crippen molar-refractivity contribution < 1.29 is 9.53 Å². The van der Waals surface area contributed by atoms with Gasteiger partial charge in [0.25, 0.3) is 5.91 Å². The van der Waals surface area contributed by atoms with E-state index in [4.69, 9.17) is 21.3 Å². The SMILES string of the molecule is CC(NC(=O)c1ccccc1)c1nc2ccccc2n1CCCCOc1ccc(Cl)cc1. The number of benzene rings is 3. The molecular weight excluding hydrogens is 422 g/mol. The first-order valence-corrected chi connectivity index (χ1v) is 11.2. The summed E-state index contributed by atoms with van der Waals surface area (Å²) in [7, 11) is 0. The van der Waals surface area contributed by atoms with Crippen LogP contribution in [0.15, 0.2) is 78.9 Å². The molecule has 0 bridgehead atoms. The minimum absolute atomic E-state index is 0.104. The molecule has 6 heteroatoms. The summed E-state index contributed by atoms with van der Waals surface area (Å²) in [5.41, 5.74) is 2.64. The van der Waals surface area contributed by atoms with E-state index in [2.05, 4.69) is 16.0 Å². The average Bonchev–Trinajstić information content (AvgIpc) is 3.19. The first kappa shape index (κ1) is 21.9. The van der Waals surface area contributed by atoms with Gasteiger partial charge in [0.15, 0.2) is 0 Å². The van der Waals surface area contributed by atoms with E-state index in [1.54, 1.807) is 0 Å². The van der Waals surface area contributed by atoms with Gasteiger partial charge in [-0.15, -0.1) is 0 Å². The predicted molar refractivity (Wildman–Crippen MR) is 128 cm³/mol. The molecule has 0 spiro atoms. The lowest BCUT2D eigenvalue weighted by atomic mass is 10.2. The van der Waals surface area contributed by atoms with Gasteiger partial charge in [-0.1, -0.05) is 41.9 Å². The number of aryl methyl sites for hydroxylation is 1. The third-order valence-corrected chi connectivity index (χ3v) is 5.57. The molecule has 1 aromatic heterocycles. The number of hydrogen-bond donors (Lipinski definition) is 1. The monoisotopic (exact) mass is 447 g/mol. The molecule has 1 heterocycles. The zero-order valence-corrected chi connectivity index (χ0v) is 18.8. The summed E-state index contributed by atoms with van der Waals surface area (Å²) in [5, 5.41) is 3.78. The van der Waals surface area contributed by atoms with Gasteiger partial charge in [-0.2, -0.15) is 0 Å². The van der Waals surface area contributed by atoms with Crippen LogP contribution in [-0.4, -0.2) is 22.1 Å². The van der Waals surface area contributed by atoms with E-state index in [-0.39, 0.29) is 11.9 Å². The van der Waals surface area contributed by atoms with E-state index in [0.29, 0.717) is 17.2 Å². The largest absolute Gasteiger partial charge is 0.494 e. The molecule has 4 rings (SSSR count). The maximum absolute atomic E-state index is 12.6. The predicted octanol–water partition coefficient (Wildman–Crippen LogP) is 6.04. The van der Waals surface area contributed by atoms with Crippen LogP contribution in [0.5, 0.6) is 5.75 Å². The van der Waals surface area contributed by atoms with Gasteiger partial charge in [0, 0.05) is 17.1 Å². The van der Waals surface area contributed by atoms with Crippen LogP contribution < -0.4 is 10.1 Å². The fourth-order valence-corrected chi connectivity index (χ4v) is 3.81. The Labute approximate surface area is 193 Å². The number of aromatic nitrogens is 2. The van der Waals surface area contributed by atoms with Crippen molar-refractivity contribution in [3.8, 4) is 5.75 Å². The number of halogens is 1. The highest BCUT2D eigenvalue weighted by atomic mass is 35.5. The van der Waals surface area contributed by atoms with Crippen LogP contribution in [0.25, 0.3) is 11.0 Å². The van der Waals surface area contributed by atoms with Crippen molar-refractivity contribution in [3.05, 3.63) is 95.3 Å². The Morgan fingerprint density at radius 1 is 1.00 bits per heavy atom. The Balaban J connectivity index is 1.41. The molecule has 164 valence electrons. The van der Waals surface area contributed by atoms with Gasteiger partial charge >= 0.3 is 0 Å². The summed E-state index contributed by atoms with van der Waals surface area (Å²) in [4.78, 5) is 17.5. The molecule has 3 aromatic carbocycles. The summed E-state index contributed by atoms with van der Waals surface area (Å²) in [5.74, 6) is 1.57. The minimum atomic E-state index is -0.222. The number of unbranched alkanes of at least 4 members (excludes halogenated alkanes) is 1. The molecule has 4 aromatic rings. The normalized spacial score (nSPS) is 11.9. The van der Waals surface area contributed by atoms with Crippen molar-refractivity contribution in [2.45, 2.75) is 32.4 Å². The van der Waals surface area contributed by atoms with Gasteiger partial charge in [-0.3, -0.25) is 4.79 Å². The third kappa shape index (κ3) is 5.29. The van der Waals surface area contributed by atoms with Gasteiger partial charge in [0.1, 0.15) is 11.6 Å². The summed E-state index contributed by atoms with van der Waals surface area (Å²) >= 11 is 5.92. The summed E-state index contributed by atoms with van der Waals surface area (Å²) < 4.78 is 8.01. The fraction of sp³-hybridized carbons (Fsp3) is 0.231. The van der Waals surface area contributed by atoms with Gasteiger partial charge in [0.05, 0.1) is 23.7 Å². The Bertz CT molecular complexity index is 1170. The van der Waals surface area contributed by atoms with Crippen molar-refractivity contribution in [2.75, 3.05) is 6.61 Å². The van der Waals surface area contributed by atoms with Crippen LogP contribution in [0.4, 0.5) is 0 Å². The summed E-state index contributed by atoms with van der Waals surface area (Å²) in [6.45, 7) is 3.40. The number of ether oxygens (including phenoxy) is 1. The Morgan fingerprint density at radius 2 is 1.72 bits per heavy atom. The molecule has 5 nitrogen and oxygen atoms in total. The molecule has 0 aliphatic carbocycles. The maximum atomic E-state index is 12.6. The number of rotatable bonds is 9. The van der Waals surface area contributed by atoms with Crippen LogP contribution in [0, 0.1) is 0 Å². The van der Waals surface area contributed by atoms with E-state index in [9.17, 15) is 4.79 Å². The smallest absolute Gasteiger partial charge is 0.251 e. The third-order valence-electron chi connectivity index (χ3n) is 5.31. The number of para-hydroxylation sites is 2. The van der Waals surface area contributed by atoms with Crippen molar-refractivity contribution in [3.63, 3.8) is 0 Å². The number of imidazole rings is 1. The first-order chi connectivity index (χ1) is 15.6. The minimum Gasteiger partial charge on any atom is -0.494 e. The van der Waals surface area contributed by atoms with E-state index >= 15 is 0 Å². The van der Waals surface area contributed by atoms with Crippen molar-refractivity contribution in [2.24, 2.45) is 0 Å².